The molecule has 0 aliphatic carbocycles. The summed E-state index contributed by atoms with van der Waals surface area (Å²) in [5, 5.41) is 4.46. The monoisotopic (exact) mass is 450 g/mol. The normalized spacial score (nSPS) is 11.3. The lowest BCUT2D eigenvalue weighted by molar-refractivity contribution is 0.306. The van der Waals surface area contributed by atoms with Crippen molar-refractivity contribution >= 4 is 11.3 Å². The van der Waals surface area contributed by atoms with Gasteiger partial charge in [0.15, 0.2) is 11.6 Å². The minimum atomic E-state index is 0.378. The molecule has 2 aromatic heterocycles. The molecule has 34 heavy (non-hydrogen) atoms. The number of anilines is 1. The Labute approximate surface area is 198 Å². The van der Waals surface area contributed by atoms with Crippen LogP contribution in [-0.2, 0) is 13.2 Å². The summed E-state index contributed by atoms with van der Waals surface area (Å²) in [6.45, 7) is 1.36. The number of hydrogen-bond donors (Lipinski definition) is 1. The number of imidazole rings is 1. The molecule has 0 unspecified atom stereocenters. The van der Waals surface area contributed by atoms with E-state index in [1.165, 1.54) is 11.9 Å². The van der Waals surface area contributed by atoms with Crippen LogP contribution < -0.4 is 10.5 Å². The first-order chi connectivity index (χ1) is 16.6. The zero-order chi connectivity index (χ0) is 23.5. The van der Waals surface area contributed by atoms with Crippen LogP contribution in [0.2, 0.25) is 0 Å². The molecule has 5 rings (SSSR count). The minimum Gasteiger partial charge on any atom is -0.489 e. The van der Waals surface area contributed by atoms with E-state index in [-0.39, 0.29) is 0 Å². The highest BCUT2D eigenvalue weighted by Gasteiger charge is 2.18. The van der Waals surface area contributed by atoms with E-state index in [1.54, 1.807) is 4.52 Å². The second kappa shape index (κ2) is 9.33. The van der Waals surface area contributed by atoms with E-state index >= 15 is 0 Å². The van der Waals surface area contributed by atoms with Crippen LogP contribution >= 0.6 is 0 Å². The third kappa shape index (κ3) is 4.46. The highest BCUT2D eigenvalue weighted by molar-refractivity contribution is 5.87. The average Bonchev–Trinajstić information content (AvgIpc) is 3.25. The van der Waals surface area contributed by atoms with E-state index in [0.29, 0.717) is 23.8 Å². The van der Waals surface area contributed by atoms with Gasteiger partial charge >= 0.3 is 0 Å². The zero-order valence-electron chi connectivity index (χ0n) is 19.2. The predicted molar refractivity (Wildman–Crippen MR) is 134 cm³/mol. The van der Waals surface area contributed by atoms with Gasteiger partial charge in [-0.15, -0.1) is 0 Å². The van der Waals surface area contributed by atoms with Gasteiger partial charge in [-0.2, -0.15) is 5.10 Å². The lowest BCUT2D eigenvalue weighted by Gasteiger charge is -2.09. The van der Waals surface area contributed by atoms with Crippen molar-refractivity contribution in [1.29, 1.82) is 0 Å². The molecular weight excluding hydrogens is 424 g/mol. The number of nitrogens with two attached hydrogens (primary N) is 1. The Kier molecular flexibility index (Phi) is 5.93. The summed E-state index contributed by atoms with van der Waals surface area (Å²) >= 11 is 0. The predicted octanol–water partition coefficient (Wildman–Crippen LogP) is 4.68. The molecule has 0 atom stereocenters. The Balaban J connectivity index is 1.52. The number of ether oxygens (including phenoxy) is 1. The van der Waals surface area contributed by atoms with Crippen molar-refractivity contribution in [3.63, 3.8) is 0 Å². The highest BCUT2D eigenvalue weighted by atomic mass is 16.5. The van der Waals surface area contributed by atoms with Crippen LogP contribution in [0.1, 0.15) is 11.1 Å². The van der Waals surface area contributed by atoms with Crippen LogP contribution in [0.25, 0.3) is 28.2 Å². The third-order valence-electron chi connectivity index (χ3n) is 5.53. The minimum absolute atomic E-state index is 0.378. The SMILES string of the molecule is CN(C)Cc1ccc(-c2nc(-c3cccc(OCc4ccccc4)c3)c3c(N)ncnn23)cc1. The molecule has 0 radical (unpaired) electrons. The average molecular weight is 451 g/mol. The molecule has 0 aliphatic heterocycles. The van der Waals surface area contributed by atoms with Crippen molar-refractivity contribution in [2.75, 3.05) is 19.8 Å². The molecule has 0 bridgehead atoms. The summed E-state index contributed by atoms with van der Waals surface area (Å²) in [5.74, 6) is 1.85. The first-order valence-corrected chi connectivity index (χ1v) is 11.1. The van der Waals surface area contributed by atoms with Crippen molar-refractivity contribution < 1.29 is 4.74 Å². The van der Waals surface area contributed by atoms with E-state index in [4.69, 9.17) is 15.5 Å². The van der Waals surface area contributed by atoms with Gasteiger partial charge in [-0.1, -0.05) is 66.7 Å². The quantitative estimate of drug-likeness (QED) is 0.388. The Hall–Kier alpha value is -4.23. The maximum absolute atomic E-state index is 6.29. The van der Waals surface area contributed by atoms with Crippen LogP contribution in [0.3, 0.4) is 0 Å². The first kappa shape index (κ1) is 21.6. The van der Waals surface area contributed by atoms with Crippen molar-refractivity contribution in [2.45, 2.75) is 13.2 Å². The lowest BCUT2D eigenvalue weighted by Crippen LogP contribution is -2.10. The fourth-order valence-corrected chi connectivity index (χ4v) is 3.94. The van der Waals surface area contributed by atoms with Gasteiger partial charge < -0.3 is 15.4 Å². The van der Waals surface area contributed by atoms with Gasteiger partial charge in [0.25, 0.3) is 0 Å². The van der Waals surface area contributed by atoms with Gasteiger partial charge in [-0.3, -0.25) is 0 Å². The summed E-state index contributed by atoms with van der Waals surface area (Å²) in [7, 11) is 4.11. The number of hydrogen-bond acceptors (Lipinski definition) is 6. The second-order valence-corrected chi connectivity index (χ2v) is 8.43. The van der Waals surface area contributed by atoms with Crippen LogP contribution in [-0.4, -0.2) is 38.6 Å². The Morgan fingerprint density at radius 2 is 1.68 bits per heavy atom. The first-order valence-electron chi connectivity index (χ1n) is 11.1. The molecule has 3 aromatic carbocycles. The Morgan fingerprint density at radius 1 is 0.882 bits per heavy atom. The van der Waals surface area contributed by atoms with E-state index in [1.807, 2.05) is 54.6 Å². The third-order valence-corrected chi connectivity index (χ3v) is 5.53. The molecule has 0 spiro atoms. The molecule has 2 heterocycles. The maximum atomic E-state index is 6.29. The summed E-state index contributed by atoms with van der Waals surface area (Å²) in [5.41, 5.74) is 11.9. The molecule has 0 amide bonds. The van der Waals surface area contributed by atoms with Crippen molar-refractivity contribution in [1.82, 2.24) is 24.5 Å². The van der Waals surface area contributed by atoms with Gasteiger partial charge in [-0.25, -0.2) is 14.5 Å². The molecular formula is C27H26N6O. The van der Waals surface area contributed by atoms with Gasteiger partial charge in [-0.05, 0) is 37.4 Å². The Morgan fingerprint density at radius 3 is 2.44 bits per heavy atom. The number of benzene rings is 3. The molecule has 0 fully saturated rings. The molecule has 0 aliphatic rings. The largest absolute Gasteiger partial charge is 0.489 e. The van der Waals surface area contributed by atoms with Crippen molar-refractivity contribution in [3.05, 3.63) is 96.3 Å². The standard InChI is InChI=1S/C27H26N6O/c1-32(2)16-19-11-13-21(14-12-19)27-31-24(25-26(28)29-18-30-33(25)27)22-9-6-10-23(15-22)34-17-20-7-4-3-5-8-20/h3-15,18H,16-17H2,1-2H3,(H2,28,29,30). The summed E-state index contributed by atoms with van der Waals surface area (Å²) < 4.78 is 7.79. The number of nitrogens with zero attached hydrogens (tertiary/aromatic N) is 5. The van der Waals surface area contributed by atoms with Crippen LogP contribution in [0.15, 0.2) is 85.2 Å². The summed E-state index contributed by atoms with van der Waals surface area (Å²) in [4.78, 5) is 11.3. The van der Waals surface area contributed by atoms with Gasteiger partial charge in [0.1, 0.15) is 29.9 Å². The molecule has 0 saturated heterocycles. The molecule has 7 heteroatoms. The second-order valence-electron chi connectivity index (χ2n) is 8.43. The van der Waals surface area contributed by atoms with Crippen molar-refractivity contribution in [2.24, 2.45) is 0 Å². The highest BCUT2D eigenvalue weighted by Crippen LogP contribution is 2.33. The van der Waals surface area contributed by atoms with Crippen LogP contribution in [0.5, 0.6) is 5.75 Å². The molecule has 5 aromatic rings. The summed E-state index contributed by atoms with van der Waals surface area (Å²) in [6, 6.07) is 26.3. The zero-order valence-corrected chi connectivity index (χ0v) is 19.2. The van der Waals surface area contributed by atoms with Crippen LogP contribution in [0.4, 0.5) is 5.82 Å². The molecule has 2 N–H and O–H groups in total. The maximum Gasteiger partial charge on any atom is 0.162 e. The van der Waals surface area contributed by atoms with Crippen molar-refractivity contribution in [3.8, 4) is 28.4 Å². The summed E-state index contributed by atoms with van der Waals surface area (Å²) in [6.07, 6.45) is 1.46. The number of fused-ring (bicyclic) bond motifs is 1. The number of nitrogen functional groups attached to an aromatic ring is 1. The molecule has 7 nitrogen and oxygen atoms in total. The van der Waals surface area contributed by atoms with E-state index in [2.05, 4.69) is 53.3 Å². The van der Waals surface area contributed by atoms with E-state index in [9.17, 15) is 0 Å². The van der Waals surface area contributed by atoms with E-state index in [0.717, 1.165) is 34.7 Å². The number of rotatable bonds is 7. The smallest absolute Gasteiger partial charge is 0.162 e. The topological polar surface area (TPSA) is 81.6 Å². The number of aromatic nitrogens is 4. The van der Waals surface area contributed by atoms with Gasteiger partial charge in [0.05, 0.1) is 0 Å². The molecule has 170 valence electrons. The van der Waals surface area contributed by atoms with Crippen LogP contribution in [0, 0.1) is 0 Å². The lowest BCUT2D eigenvalue weighted by atomic mass is 10.1. The van der Waals surface area contributed by atoms with E-state index < -0.39 is 0 Å². The molecule has 0 saturated carbocycles. The van der Waals surface area contributed by atoms with Gasteiger partial charge in [0, 0.05) is 17.7 Å². The Bertz CT molecular complexity index is 1410. The van der Waals surface area contributed by atoms with Gasteiger partial charge in [0.2, 0.25) is 0 Å². The fraction of sp³-hybridized carbons (Fsp3) is 0.148. The fourth-order valence-electron chi connectivity index (χ4n) is 3.94.